The van der Waals surface area contributed by atoms with Crippen molar-refractivity contribution >= 4 is 11.8 Å². The molecule has 0 aliphatic heterocycles. The molecule has 0 saturated heterocycles. The van der Waals surface area contributed by atoms with Crippen LogP contribution in [0.15, 0.2) is 18.2 Å². The minimum Gasteiger partial charge on any atom is -0.507 e. The van der Waals surface area contributed by atoms with Crippen molar-refractivity contribution in [3.05, 3.63) is 29.3 Å². The van der Waals surface area contributed by atoms with Crippen LogP contribution in [0.3, 0.4) is 0 Å². The molecule has 0 radical (unpaired) electrons. The first-order valence-corrected chi connectivity index (χ1v) is 5.61. The Morgan fingerprint density at radius 3 is 2.53 bits per heavy atom. The molecule has 0 aliphatic rings. The lowest BCUT2D eigenvalue weighted by Crippen LogP contribution is -2.04. The van der Waals surface area contributed by atoms with E-state index in [1.54, 1.807) is 12.1 Å². The average molecular weight is 236 g/mol. The first kappa shape index (κ1) is 13.2. The van der Waals surface area contributed by atoms with E-state index in [0.717, 1.165) is 18.4 Å². The number of benzene rings is 1. The predicted molar refractivity (Wildman–Crippen MR) is 63.3 cm³/mol. The Hall–Kier alpha value is -1.84. The molecule has 0 spiro atoms. The van der Waals surface area contributed by atoms with Crippen molar-refractivity contribution < 1.29 is 19.8 Å². The van der Waals surface area contributed by atoms with Gasteiger partial charge in [-0.15, -0.1) is 0 Å². The van der Waals surface area contributed by atoms with E-state index in [0.29, 0.717) is 0 Å². The smallest absolute Gasteiger partial charge is 0.303 e. The van der Waals surface area contributed by atoms with Gasteiger partial charge >= 0.3 is 5.97 Å². The molecule has 0 saturated carbocycles. The minimum absolute atomic E-state index is 0.0831. The average Bonchev–Trinajstić information content (AvgIpc) is 2.29. The number of phenolic OH excluding ortho intramolecular Hbond substituents is 1. The van der Waals surface area contributed by atoms with E-state index in [2.05, 4.69) is 0 Å². The lowest BCUT2D eigenvalue weighted by atomic mass is 10.0. The first-order chi connectivity index (χ1) is 8.04. The number of hydrogen-bond acceptors (Lipinski definition) is 3. The van der Waals surface area contributed by atoms with Crippen molar-refractivity contribution in [2.45, 2.75) is 32.6 Å². The number of carboxylic acid groups (broad SMARTS) is 1. The molecule has 92 valence electrons. The van der Waals surface area contributed by atoms with E-state index in [-0.39, 0.29) is 29.9 Å². The minimum atomic E-state index is -1.01. The van der Waals surface area contributed by atoms with Crippen LogP contribution in [0.1, 0.15) is 42.1 Å². The molecule has 0 atom stereocenters. The summed E-state index contributed by atoms with van der Waals surface area (Å²) >= 11 is 0. The molecule has 4 nitrogen and oxygen atoms in total. The highest BCUT2D eigenvalue weighted by Gasteiger charge is 2.13. The highest BCUT2D eigenvalue weighted by Crippen LogP contribution is 2.21. The van der Waals surface area contributed by atoms with Gasteiger partial charge in [0.25, 0.3) is 0 Å². The van der Waals surface area contributed by atoms with Crippen LogP contribution in [0.2, 0.25) is 0 Å². The fourth-order valence-electron chi connectivity index (χ4n) is 1.61. The molecule has 2 N–H and O–H groups in total. The molecule has 0 aromatic heterocycles. The van der Waals surface area contributed by atoms with E-state index < -0.39 is 5.97 Å². The molecule has 0 aliphatic carbocycles. The summed E-state index contributed by atoms with van der Waals surface area (Å²) in [5.41, 5.74) is 1.20. The Morgan fingerprint density at radius 2 is 1.94 bits per heavy atom. The SMILES string of the molecule is CCCc1ccc(O)c(C(=O)CCC(=O)O)c1. The van der Waals surface area contributed by atoms with E-state index in [9.17, 15) is 14.7 Å². The molecule has 0 unspecified atom stereocenters. The molecule has 4 heteroatoms. The zero-order valence-corrected chi connectivity index (χ0v) is 9.77. The second-order valence-electron chi connectivity index (χ2n) is 3.92. The summed E-state index contributed by atoms with van der Waals surface area (Å²) in [6.45, 7) is 2.03. The van der Waals surface area contributed by atoms with Gasteiger partial charge in [0.15, 0.2) is 5.78 Å². The maximum absolute atomic E-state index is 11.7. The summed E-state index contributed by atoms with van der Waals surface area (Å²) in [5.74, 6) is -1.43. The highest BCUT2D eigenvalue weighted by atomic mass is 16.4. The van der Waals surface area contributed by atoms with Crippen molar-refractivity contribution in [2.75, 3.05) is 0 Å². The summed E-state index contributed by atoms with van der Waals surface area (Å²) in [6, 6.07) is 4.90. The quantitative estimate of drug-likeness (QED) is 0.744. The third-order valence-corrected chi connectivity index (χ3v) is 2.47. The largest absolute Gasteiger partial charge is 0.507 e. The zero-order valence-electron chi connectivity index (χ0n) is 9.77. The number of hydrogen-bond donors (Lipinski definition) is 2. The number of phenols is 1. The lowest BCUT2D eigenvalue weighted by Gasteiger charge is -2.06. The standard InChI is InChI=1S/C13H16O4/c1-2-3-9-4-5-11(14)10(8-9)12(15)6-7-13(16)17/h4-5,8,14H,2-3,6-7H2,1H3,(H,16,17). The zero-order chi connectivity index (χ0) is 12.8. The molecule has 17 heavy (non-hydrogen) atoms. The molecule has 0 amide bonds. The van der Waals surface area contributed by atoms with Crippen molar-refractivity contribution in [3.8, 4) is 5.75 Å². The fraction of sp³-hybridized carbons (Fsp3) is 0.385. The summed E-state index contributed by atoms with van der Waals surface area (Å²) in [7, 11) is 0. The molecule has 0 heterocycles. The first-order valence-electron chi connectivity index (χ1n) is 5.61. The Morgan fingerprint density at radius 1 is 1.24 bits per heavy atom. The monoisotopic (exact) mass is 236 g/mol. The Labute approximate surface area is 99.9 Å². The molecule has 1 aromatic carbocycles. The summed E-state index contributed by atoms with van der Waals surface area (Å²) in [5, 5.41) is 18.1. The van der Waals surface area contributed by atoms with Gasteiger partial charge in [-0.1, -0.05) is 19.4 Å². The van der Waals surface area contributed by atoms with Gasteiger partial charge in [0, 0.05) is 6.42 Å². The molecule has 0 fully saturated rings. The van der Waals surface area contributed by atoms with Crippen LogP contribution in [0.25, 0.3) is 0 Å². The van der Waals surface area contributed by atoms with Crippen molar-refractivity contribution in [1.82, 2.24) is 0 Å². The number of carbonyl (C=O) groups is 2. The lowest BCUT2D eigenvalue weighted by molar-refractivity contribution is -0.136. The molecular weight excluding hydrogens is 220 g/mol. The van der Waals surface area contributed by atoms with Gasteiger partial charge in [-0.25, -0.2) is 0 Å². The number of aromatic hydroxyl groups is 1. The summed E-state index contributed by atoms with van der Waals surface area (Å²) < 4.78 is 0. The number of aliphatic carboxylic acids is 1. The Kier molecular flexibility index (Phi) is 4.69. The number of Topliss-reactive ketones (excluding diaryl/α,β-unsaturated/α-hetero) is 1. The summed E-state index contributed by atoms with van der Waals surface area (Å²) in [6.07, 6.45) is 1.49. The van der Waals surface area contributed by atoms with Gasteiger partial charge in [0.1, 0.15) is 5.75 Å². The predicted octanol–water partition coefficient (Wildman–Crippen LogP) is 2.39. The second kappa shape index (κ2) is 6.03. The molecule has 0 bridgehead atoms. The Bertz CT molecular complexity index is 423. The van der Waals surface area contributed by atoms with Crippen LogP contribution in [0.5, 0.6) is 5.75 Å². The maximum atomic E-state index is 11.7. The topological polar surface area (TPSA) is 74.6 Å². The maximum Gasteiger partial charge on any atom is 0.303 e. The normalized spacial score (nSPS) is 10.2. The van der Waals surface area contributed by atoms with Gasteiger partial charge < -0.3 is 10.2 Å². The molecule has 1 rings (SSSR count). The number of rotatable bonds is 6. The van der Waals surface area contributed by atoms with E-state index >= 15 is 0 Å². The van der Waals surface area contributed by atoms with E-state index in [4.69, 9.17) is 5.11 Å². The number of ketones is 1. The van der Waals surface area contributed by atoms with Crippen LogP contribution in [-0.2, 0) is 11.2 Å². The van der Waals surface area contributed by atoms with Crippen LogP contribution >= 0.6 is 0 Å². The number of carbonyl (C=O) groups excluding carboxylic acids is 1. The number of aryl methyl sites for hydroxylation is 1. The summed E-state index contributed by atoms with van der Waals surface area (Å²) in [4.78, 5) is 22.1. The van der Waals surface area contributed by atoms with E-state index in [1.165, 1.54) is 6.07 Å². The van der Waals surface area contributed by atoms with Gasteiger partial charge in [-0.3, -0.25) is 9.59 Å². The van der Waals surface area contributed by atoms with Gasteiger partial charge in [-0.05, 0) is 24.1 Å². The third kappa shape index (κ3) is 3.90. The van der Waals surface area contributed by atoms with Crippen LogP contribution < -0.4 is 0 Å². The highest BCUT2D eigenvalue weighted by molar-refractivity contribution is 5.99. The fourth-order valence-corrected chi connectivity index (χ4v) is 1.61. The van der Waals surface area contributed by atoms with Crippen molar-refractivity contribution in [3.63, 3.8) is 0 Å². The van der Waals surface area contributed by atoms with Crippen LogP contribution in [0, 0.1) is 0 Å². The molecular formula is C13H16O4. The van der Waals surface area contributed by atoms with E-state index in [1.807, 2.05) is 6.92 Å². The second-order valence-corrected chi connectivity index (χ2v) is 3.92. The van der Waals surface area contributed by atoms with Gasteiger partial charge in [0.05, 0.1) is 12.0 Å². The van der Waals surface area contributed by atoms with Gasteiger partial charge in [0.2, 0.25) is 0 Å². The van der Waals surface area contributed by atoms with Crippen molar-refractivity contribution in [1.29, 1.82) is 0 Å². The van der Waals surface area contributed by atoms with Crippen LogP contribution in [-0.4, -0.2) is 22.0 Å². The molecule has 1 aromatic rings. The number of carboxylic acids is 1. The van der Waals surface area contributed by atoms with Crippen LogP contribution in [0.4, 0.5) is 0 Å². The van der Waals surface area contributed by atoms with Crippen molar-refractivity contribution in [2.24, 2.45) is 0 Å². The Balaban J connectivity index is 2.83. The van der Waals surface area contributed by atoms with Gasteiger partial charge in [-0.2, -0.15) is 0 Å². The third-order valence-electron chi connectivity index (χ3n) is 2.47.